The molecule has 0 spiro atoms. The molecular weight excluding hydrogens is 434 g/mol. The summed E-state index contributed by atoms with van der Waals surface area (Å²) in [5.41, 5.74) is -0.811. The third kappa shape index (κ3) is 6.48. The first-order valence-corrected chi connectivity index (χ1v) is 13.2. The zero-order valence-electron chi connectivity index (χ0n) is 13.5. The molecular formula is C11H17NO10S4. The fourth-order valence-corrected chi connectivity index (χ4v) is 5.00. The number of sulfone groups is 1. The normalized spacial score (nSPS) is 14.8. The van der Waals surface area contributed by atoms with Gasteiger partial charge in [0.2, 0.25) is 10.0 Å². The summed E-state index contributed by atoms with van der Waals surface area (Å²) in [6.07, 6.45) is 0.596. The second-order valence-corrected chi connectivity index (χ2v) is 12.7. The van der Waals surface area contributed by atoms with E-state index >= 15 is 0 Å². The Hall–Kier alpha value is -1.26. The van der Waals surface area contributed by atoms with E-state index in [1.165, 1.54) is 0 Å². The fraction of sp³-hybridized carbons (Fsp3) is 0.455. The van der Waals surface area contributed by atoms with Gasteiger partial charge in [-0.05, 0) is 31.5 Å². The van der Waals surface area contributed by atoms with E-state index in [2.05, 4.69) is 0 Å². The van der Waals surface area contributed by atoms with Crippen molar-refractivity contribution in [3.8, 4) is 0 Å². The Kier molecular flexibility index (Phi) is 6.48. The third-order valence-corrected chi connectivity index (χ3v) is 7.74. The highest BCUT2D eigenvalue weighted by atomic mass is 32.2. The van der Waals surface area contributed by atoms with E-state index in [9.17, 15) is 33.7 Å². The zero-order chi connectivity index (χ0) is 20.6. The van der Waals surface area contributed by atoms with Crippen LogP contribution in [0, 0.1) is 0 Å². The SMILES string of the molecule is CC(CCS(C)(=O)=O)S(=O)(=O)Nc1cc(S(=O)(=O)O)ccc1S(=O)(=O)O. The molecule has 1 aromatic rings. The molecule has 0 heterocycles. The highest BCUT2D eigenvalue weighted by Crippen LogP contribution is 2.27. The predicted molar refractivity (Wildman–Crippen MR) is 92.4 cm³/mol. The summed E-state index contributed by atoms with van der Waals surface area (Å²) in [5.74, 6) is -0.453. The summed E-state index contributed by atoms with van der Waals surface area (Å²) in [7, 11) is -17.5. The second-order valence-electron chi connectivity index (χ2n) is 5.48. The number of sulfonamides is 1. The van der Waals surface area contributed by atoms with Crippen LogP contribution in [0.25, 0.3) is 0 Å². The summed E-state index contributed by atoms with van der Waals surface area (Å²) in [5, 5.41) is -1.29. The van der Waals surface area contributed by atoms with Gasteiger partial charge in [0.15, 0.2) is 0 Å². The van der Waals surface area contributed by atoms with Gasteiger partial charge < -0.3 is 0 Å². The van der Waals surface area contributed by atoms with E-state index in [1.807, 2.05) is 0 Å². The Labute approximate surface area is 151 Å². The summed E-state index contributed by atoms with van der Waals surface area (Å²) < 4.78 is 112. The molecule has 0 saturated carbocycles. The number of anilines is 1. The van der Waals surface area contributed by atoms with Crippen molar-refractivity contribution in [3.63, 3.8) is 0 Å². The van der Waals surface area contributed by atoms with Crippen molar-refractivity contribution >= 4 is 45.8 Å². The lowest BCUT2D eigenvalue weighted by Crippen LogP contribution is -2.28. The van der Waals surface area contributed by atoms with E-state index in [-0.39, 0.29) is 6.42 Å². The number of rotatable bonds is 8. The molecule has 0 amide bonds. The van der Waals surface area contributed by atoms with E-state index in [4.69, 9.17) is 9.11 Å². The largest absolute Gasteiger partial charge is 0.296 e. The third-order valence-electron chi connectivity index (χ3n) is 3.20. The minimum atomic E-state index is -4.93. The van der Waals surface area contributed by atoms with Crippen LogP contribution < -0.4 is 4.72 Å². The lowest BCUT2D eigenvalue weighted by Gasteiger charge is -2.16. The summed E-state index contributed by atoms with van der Waals surface area (Å²) in [4.78, 5) is -1.75. The molecule has 150 valence electrons. The maximum Gasteiger partial charge on any atom is 0.296 e. The molecule has 0 fully saturated rings. The monoisotopic (exact) mass is 451 g/mol. The van der Waals surface area contributed by atoms with Gasteiger partial charge >= 0.3 is 0 Å². The van der Waals surface area contributed by atoms with Gasteiger partial charge in [-0.2, -0.15) is 16.8 Å². The van der Waals surface area contributed by atoms with Gasteiger partial charge in [-0.25, -0.2) is 16.8 Å². The van der Waals surface area contributed by atoms with Crippen molar-refractivity contribution in [2.75, 3.05) is 16.7 Å². The maximum atomic E-state index is 12.3. The first-order chi connectivity index (χ1) is 11.4. The Morgan fingerprint density at radius 1 is 0.962 bits per heavy atom. The Morgan fingerprint density at radius 3 is 1.92 bits per heavy atom. The van der Waals surface area contributed by atoms with E-state index in [0.717, 1.165) is 13.2 Å². The molecule has 3 N–H and O–H groups in total. The molecule has 0 aliphatic carbocycles. The number of hydrogen-bond donors (Lipinski definition) is 3. The van der Waals surface area contributed by atoms with Crippen molar-refractivity contribution < 1.29 is 42.8 Å². The van der Waals surface area contributed by atoms with E-state index in [1.54, 1.807) is 4.72 Å². The summed E-state index contributed by atoms with van der Waals surface area (Å²) in [6, 6.07) is 1.76. The first kappa shape index (κ1) is 22.8. The Balaban J connectivity index is 3.36. The van der Waals surface area contributed by atoms with Crippen molar-refractivity contribution in [2.45, 2.75) is 28.4 Å². The standard InChI is InChI=1S/C11H17NO10S4/c1-8(5-6-23(2,13)14)24(15,16)12-10-7-9(25(17,18)19)3-4-11(10)26(20,21)22/h3-4,7-8,12H,5-6H2,1-2H3,(H,17,18,19)(H,20,21,22). The van der Waals surface area contributed by atoms with Crippen LogP contribution in [0.2, 0.25) is 0 Å². The molecule has 1 unspecified atom stereocenters. The zero-order valence-corrected chi connectivity index (χ0v) is 16.8. The van der Waals surface area contributed by atoms with Gasteiger partial charge in [0.05, 0.1) is 21.6 Å². The maximum absolute atomic E-state index is 12.3. The molecule has 0 saturated heterocycles. The summed E-state index contributed by atoms with van der Waals surface area (Å²) in [6.45, 7) is 1.16. The lowest BCUT2D eigenvalue weighted by atomic mass is 10.3. The van der Waals surface area contributed by atoms with Gasteiger partial charge in [-0.1, -0.05) is 0 Å². The Morgan fingerprint density at radius 2 is 1.50 bits per heavy atom. The van der Waals surface area contributed by atoms with Gasteiger partial charge in [0, 0.05) is 6.26 Å². The van der Waals surface area contributed by atoms with Crippen LogP contribution >= 0.6 is 0 Å². The van der Waals surface area contributed by atoms with Crippen molar-refractivity contribution in [1.29, 1.82) is 0 Å². The van der Waals surface area contributed by atoms with Crippen LogP contribution in [0.4, 0.5) is 5.69 Å². The summed E-state index contributed by atoms with van der Waals surface area (Å²) >= 11 is 0. The predicted octanol–water partition coefficient (Wildman–Crippen LogP) is -0.255. The lowest BCUT2D eigenvalue weighted by molar-refractivity contribution is 0.479. The molecule has 0 radical (unpaired) electrons. The fourth-order valence-electron chi connectivity index (χ4n) is 1.76. The molecule has 26 heavy (non-hydrogen) atoms. The highest BCUT2D eigenvalue weighted by Gasteiger charge is 2.27. The molecule has 0 aliphatic rings. The minimum absolute atomic E-state index is 0.312. The average Bonchev–Trinajstić information content (AvgIpc) is 2.41. The van der Waals surface area contributed by atoms with Gasteiger partial charge in [0.1, 0.15) is 14.7 Å². The van der Waals surface area contributed by atoms with Crippen LogP contribution in [-0.2, 0) is 40.1 Å². The quantitative estimate of drug-likeness (QED) is 0.444. The molecule has 11 nitrogen and oxygen atoms in total. The number of hydrogen-bond acceptors (Lipinski definition) is 8. The first-order valence-electron chi connectivity index (χ1n) is 6.72. The van der Waals surface area contributed by atoms with Crippen LogP contribution in [0.15, 0.2) is 28.0 Å². The highest BCUT2D eigenvalue weighted by molar-refractivity contribution is 7.93. The molecule has 0 aromatic heterocycles. The number of benzene rings is 1. The van der Waals surface area contributed by atoms with Crippen LogP contribution in [0.3, 0.4) is 0 Å². The molecule has 1 rings (SSSR count). The van der Waals surface area contributed by atoms with Crippen LogP contribution in [0.5, 0.6) is 0 Å². The van der Waals surface area contributed by atoms with Gasteiger partial charge in [0.25, 0.3) is 20.2 Å². The van der Waals surface area contributed by atoms with E-state index < -0.39 is 66.6 Å². The van der Waals surface area contributed by atoms with Crippen LogP contribution in [0.1, 0.15) is 13.3 Å². The smallest absolute Gasteiger partial charge is 0.282 e. The molecule has 1 atom stereocenters. The van der Waals surface area contributed by atoms with Gasteiger partial charge in [-0.3, -0.25) is 13.8 Å². The molecule has 0 bridgehead atoms. The van der Waals surface area contributed by atoms with E-state index in [0.29, 0.717) is 18.2 Å². The van der Waals surface area contributed by atoms with Crippen LogP contribution in [-0.4, -0.2) is 60.0 Å². The van der Waals surface area contributed by atoms with Gasteiger partial charge in [-0.15, -0.1) is 0 Å². The minimum Gasteiger partial charge on any atom is -0.282 e. The van der Waals surface area contributed by atoms with Crippen molar-refractivity contribution in [3.05, 3.63) is 18.2 Å². The average molecular weight is 452 g/mol. The van der Waals surface area contributed by atoms with Crippen molar-refractivity contribution in [2.24, 2.45) is 0 Å². The number of nitrogens with one attached hydrogen (secondary N) is 1. The second kappa shape index (κ2) is 7.40. The Bertz CT molecular complexity index is 1100. The molecule has 1 aromatic carbocycles. The molecule has 15 heteroatoms. The molecule has 0 aliphatic heterocycles. The van der Waals surface area contributed by atoms with Crippen molar-refractivity contribution in [1.82, 2.24) is 0 Å². The topological polar surface area (TPSA) is 189 Å².